The van der Waals surface area contributed by atoms with Crippen LogP contribution in [0.1, 0.15) is 21.5 Å². The molecular formula is C23H19ClN2O3S. The number of sulfonamides is 1. The number of ketones is 1. The maximum atomic E-state index is 13.4. The normalized spacial score (nSPS) is 16.4. The molecule has 0 radical (unpaired) electrons. The van der Waals surface area contributed by atoms with Crippen molar-refractivity contribution < 1.29 is 13.2 Å². The number of nitrogens with one attached hydrogen (secondary N) is 1. The first-order valence-electron chi connectivity index (χ1n) is 9.31. The highest BCUT2D eigenvalue weighted by molar-refractivity contribution is 7.97. The van der Waals surface area contributed by atoms with E-state index in [1.165, 1.54) is 10.5 Å². The number of aryl methyl sites for hydroxylation is 1. The summed E-state index contributed by atoms with van der Waals surface area (Å²) in [6, 6.07) is 21.3. The van der Waals surface area contributed by atoms with Crippen LogP contribution >= 0.6 is 11.6 Å². The third kappa shape index (κ3) is 3.72. The van der Waals surface area contributed by atoms with Gasteiger partial charge in [-0.3, -0.25) is 9.10 Å². The molecule has 152 valence electrons. The maximum absolute atomic E-state index is 13.4. The Bertz CT molecular complexity index is 1270. The van der Waals surface area contributed by atoms with E-state index in [0.717, 1.165) is 11.1 Å². The fraction of sp³-hybridized carbons (Fsp3) is 0.0870. The number of anilines is 2. The van der Waals surface area contributed by atoms with Crippen LogP contribution in [0.25, 0.3) is 0 Å². The van der Waals surface area contributed by atoms with E-state index in [0.29, 0.717) is 22.0 Å². The predicted molar refractivity (Wildman–Crippen MR) is 120 cm³/mol. The van der Waals surface area contributed by atoms with Crippen LogP contribution in [0.5, 0.6) is 0 Å². The highest BCUT2D eigenvalue weighted by Gasteiger charge is 2.40. The van der Waals surface area contributed by atoms with Gasteiger partial charge in [0.05, 0.1) is 22.9 Å². The van der Waals surface area contributed by atoms with E-state index in [9.17, 15) is 13.2 Å². The fourth-order valence-corrected chi connectivity index (χ4v) is 5.11. The molecule has 7 heteroatoms. The quantitative estimate of drug-likeness (QED) is 0.573. The van der Waals surface area contributed by atoms with Gasteiger partial charge in [0, 0.05) is 11.8 Å². The van der Waals surface area contributed by atoms with Crippen molar-refractivity contribution in [2.24, 2.45) is 0 Å². The summed E-state index contributed by atoms with van der Waals surface area (Å²) in [5.41, 5.74) is 3.09. The van der Waals surface area contributed by atoms with Crippen LogP contribution in [-0.4, -0.2) is 14.2 Å². The summed E-state index contributed by atoms with van der Waals surface area (Å²) in [5.74, 6) is -0.550. The Labute approximate surface area is 180 Å². The van der Waals surface area contributed by atoms with E-state index in [4.69, 9.17) is 11.6 Å². The molecule has 1 heterocycles. The number of allylic oxidation sites excluding steroid dienone is 1. The summed E-state index contributed by atoms with van der Waals surface area (Å²) in [6.07, 6.45) is 1.22. The molecule has 5 nitrogen and oxygen atoms in total. The van der Waals surface area contributed by atoms with Gasteiger partial charge in [-0.25, -0.2) is 8.42 Å². The van der Waals surface area contributed by atoms with Crippen LogP contribution in [0.15, 0.2) is 83.9 Å². The highest BCUT2D eigenvalue weighted by atomic mass is 35.5. The summed E-state index contributed by atoms with van der Waals surface area (Å²) in [4.78, 5) is 12.7. The van der Waals surface area contributed by atoms with Gasteiger partial charge in [0.25, 0.3) is 10.0 Å². The van der Waals surface area contributed by atoms with Gasteiger partial charge >= 0.3 is 0 Å². The van der Waals surface area contributed by atoms with Crippen LogP contribution in [0.4, 0.5) is 11.4 Å². The third-order valence-corrected chi connectivity index (χ3v) is 6.95. The van der Waals surface area contributed by atoms with E-state index in [1.807, 2.05) is 31.2 Å². The van der Waals surface area contributed by atoms with Gasteiger partial charge in [-0.05, 0) is 36.8 Å². The van der Waals surface area contributed by atoms with Crippen molar-refractivity contribution in [2.75, 3.05) is 9.62 Å². The molecule has 0 atom stereocenters. The lowest BCUT2D eigenvalue weighted by Gasteiger charge is -2.31. The topological polar surface area (TPSA) is 66.5 Å². The number of hydrogen-bond donors (Lipinski definition) is 1. The number of para-hydroxylation sites is 2. The lowest BCUT2D eigenvalue weighted by molar-refractivity contribution is 0.104. The molecule has 0 aliphatic carbocycles. The lowest BCUT2D eigenvalue weighted by atomic mass is 10.1. The zero-order valence-corrected chi connectivity index (χ0v) is 17.7. The summed E-state index contributed by atoms with van der Waals surface area (Å²) >= 11 is 6.14. The van der Waals surface area contributed by atoms with Crippen LogP contribution in [0.2, 0.25) is 5.02 Å². The number of carbonyl (C=O) groups excluding carboxylic acids is 1. The van der Waals surface area contributed by atoms with Crippen LogP contribution in [0, 0.1) is 6.92 Å². The Kier molecular flexibility index (Phi) is 5.37. The molecule has 0 spiro atoms. The zero-order chi connectivity index (χ0) is 21.3. The zero-order valence-electron chi connectivity index (χ0n) is 16.2. The second-order valence-corrected chi connectivity index (χ2v) is 9.22. The van der Waals surface area contributed by atoms with Crippen molar-refractivity contribution in [3.8, 4) is 0 Å². The first-order chi connectivity index (χ1) is 14.4. The molecular weight excluding hydrogens is 420 g/mol. The number of carbonyl (C=O) groups is 1. The van der Waals surface area contributed by atoms with Gasteiger partial charge in [0.1, 0.15) is 0 Å². The second kappa shape index (κ2) is 7.97. The number of nitrogens with zero attached hydrogens (tertiary/aromatic N) is 1. The van der Waals surface area contributed by atoms with Crippen molar-refractivity contribution in [1.82, 2.24) is 0 Å². The summed E-state index contributed by atoms with van der Waals surface area (Å²) in [5, 5.41) is 3.30. The Morgan fingerprint density at radius 3 is 2.50 bits per heavy atom. The largest absolute Gasteiger partial charge is 0.359 e. The maximum Gasteiger partial charge on any atom is 0.270 e. The Morgan fingerprint density at radius 1 is 1.00 bits per heavy atom. The van der Waals surface area contributed by atoms with Crippen LogP contribution in [-0.2, 0) is 16.6 Å². The van der Waals surface area contributed by atoms with Gasteiger partial charge in [-0.15, -0.1) is 0 Å². The molecule has 0 amide bonds. The number of benzene rings is 3. The molecule has 1 N–H and O–H groups in total. The number of fused-ring (bicyclic) bond motifs is 1. The Hall–Kier alpha value is -3.09. The van der Waals surface area contributed by atoms with E-state index in [2.05, 4.69) is 5.32 Å². The summed E-state index contributed by atoms with van der Waals surface area (Å²) in [7, 11) is -4.08. The van der Waals surface area contributed by atoms with Crippen molar-refractivity contribution in [1.29, 1.82) is 0 Å². The summed E-state index contributed by atoms with van der Waals surface area (Å²) in [6.45, 7) is 2.07. The van der Waals surface area contributed by atoms with Gasteiger partial charge in [-0.1, -0.05) is 65.7 Å². The van der Waals surface area contributed by atoms with E-state index in [-0.39, 0.29) is 11.4 Å². The number of Topliss-reactive ketones (excluding diaryl/α,β-unsaturated/α-hetero) is 1. The van der Waals surface area contributed by atoms with Crippen LogP contribution < -0.4 is 9.62 Å². The molecule has 0 aromatic heterocycles. The van der Waals surface area contributed by atoms with Gasteiger partial charge in [0.2, 0.25) is 5.78 Å². The molecule has 30 heavy (non-hydrogen) atoms. The minimum Gasteiger partial charge on any atom is -0.359 e. The second-order valence-electron chi connectivity index (χ2n) is 6.98. The van der Waals surface area contributed by atoms with Crippen molar-refractivity contribution >= 4 is 38.8 Å². The van der Waals surface area contributed by atoms with Crippen molar-refractivity contribution in [2.45, 2.75) is 13.5 Å². The minimum atomic E-state index is -4.08. The van der Waals surface area contributed by atoms with Gasteiger partial charge < -0.3 is 5.32 Å². The predicted octanol–water partition coefficient (Wildman–Crippen LogP) is 5.13. The molecule has 0 saturated heterocycles. The number of rotatable bonds is 4. The molecule has 3 aromatic carbocycles. The molecule has 0 fully saturated rings. The number of halogens is 1. The van der Waals surface area contributed by atoms with Gasteiger partial charge in [0.15, 0.2) is 4.91 Å². The van der Waals surface area contributed by atoms with E-state index >= 15 is 0 Å². The summed E-state index contributed by atoms with van der Waals surface area (Å²) < 4.78 is 28.2. The first-order valence-corrected chi connectivity index (χ1v) is 11.1. The Morgan fingerprint density at radius 2 is 1.73 bits per heavy atom. The standard InChI is InChI=1S/C23H19ClN2O3S/c1-16-7-6-8-17(13-16)15-26-21-12-5-2-9-18(21)23(27)22(30(26,28)29)14-25-20-11-4-3-10-19(20)24/h2-14,25H,15H2,1H3. The average Bonchev–Trinajstić information content (AvgIpc) is 2.72. The van der Waals surface area contributed by atoms with Gasteiger partial charge in [-0.2, -0.15) is 0 Å². The third-order valence-electron chi connectivity index (χ3n) is 4.85. The smallest absolute Gasteiger partial charge is 0.270 e. The van der Waals surface area contributed by atoms with E-state index in [1.54, 1.807) is 48.5 Å². The fourth-order valence-electron chi connectivity index (χ4n) is 3.39. The van der Waals surface area contributed by atoms with Crippen LogP contribution in [0.3, 0.4) is 0 Å². The van der Waals surface area contributed by atoms with Crippen molar-refractivity contribution in [3.63, 3.8) is 0 Å². The molecule has 1 aliphatic heterocycles. The molecule has 0 saturated carbocycles. The average molecular weight is 439 g/mol. The molecule has 4 rings (SSSR count). The molecule has 0 unspecified atom stereocenters. The first kappa shape index (κ1) is 20.2. The molecule has 1 aliphatic rings. The lowest BCUT2D eigenvalue weighted by Crippen LogP contribution is -2.39. The Balaban J connectivity index is 1.80. The van der Waals surface area contributed by atoms with Crippen molar-refractivity contribution in [3.05, 3.63) is 106 Å². The molecule has 3 aromatic rings. The number of hydrogen-bond acceptors (Lipinski definition) is 4. The minimum absolute atomic E-state index is 0.123. The SMILES string of the molecule is Cc1cccc(CN2c3ccccc3C(=O)C(=CNc3ccccc3Cl)S2(=O)=O)c1. The highest BCUT2D eigenvalue weighted by Crippen LogP contribution is 2.36. The van der Waals surface area contributed by atoms with E-state index < -0.39 is 15.8 Å². The monoisotopic (exact) mass is 438 g/mol. The molecule has 0 bridgehead atoms.